The molecule has 0 spiro atoms. The van der Waals surface area contributed by atoms with Crippen LogP contribution in [0.2, 0.25) is 0 Å². The third kappa shape index (κ3) is 3.87. The number of nitrogens with two attached hydrogens (primary N) is 1. The number of aryl methyl sites for hydroxylation is 2. The summed E-state index contributed by atoms with van der Waals surface area (Å²) in [6.45, 7) is 2.80. The molecule has 160 valence electrons. The summed E-state index contributed by atoms with van der Waals surface area (Å²) in [6, 6.07) is 14.4. The Hall–Kier alpha value is -4.27. The van der Waals surface area contributed by atoms with Crippen molar-refractivity contribution in [2.75, 3.05) is 5.32 Å². The Balaban J connectivity index is 1.45. The van der Waals surface area contributed by atoms with Gasteiger partial charge in [0.25, 0.3) is 0 Å². The van der Waals surface area contributed by atoms with Crippen molar-refractivity contribution in [1.82, 2.24) is 24.7 Å². The van der Waals surface area contributed by atoms with Crippen LogP contribution in [0.4, 0.5) is 11.6 Å². The van der Waals surface area contributed by atoms with Crippen LogP contribution in [0.25, 0.3) is 11.4 Å². The number of carbonyl (C=O) groups excluding carboxylic acids is 1. The summed E-state index contributed by atoms with van der Waals surface area (Å²) in [6.07, 6.45) is 3.51. The molecule has 3 N–H and O–H groups in total. The van der Waals surface area contributed by atoms with Crippen LogP contribution in [-0.2, 0) is 13.0 Å². The van der Waals surface area contributed by atoms with Gasteiger partial charge in [0.15, 0.2) is 11.4 Å². The Morgan fingerprint density at radius 3 is 2.88 bits per heavy atom. The second kappa shape index (κ2) is 8.10. The summed E-state index contributed by atoms with van der Waals surface area (Å²) < 4.78 is 8.21. The molecule has 1 aliphatic rings. The molecule has 4 heterocycles. The first kappa shape index (κ1) is 19.7. The Morgan fingerprint density at radius 1 is 1.16 bits per heavy atom. The van der Waals surface area contributed by atoms with Crippen molar-refractivity contribution >= 4 is 17.5 Å². The summed E-state index contributed by atoms with van der Waals surface area (Å²) in [5.41, 5.74) is 9.81. The second-order valence-electron chi connectivity index (χ2n) is 7.51. The number of carbonyl (C=O) groups is 1. The van der Waals surface area contributed by atoms with Crippen LogP contribution < -0.4 is 15.8 Å². The highest BCUT2D eigenvalue weighted by atomic mass is 16.5. The van der Waals surface area contributed by atoms with E-state index >= 15 is 0 Å². The zero-order valence-electron chi connectivity index (χ0n) is 17.4. The predicted octanol–water partition coefficient (Wildman–Crippen LogP) is 3.62. The van der Waals surface area contributed by atoms with Crippen molar-refractivity contribution < 1.29 is 9.53 Å². The molecule has 0 radical (unpaired) electrons. The number of primary amides is 1. The molecule has 0 unspecified atom stereocenters. The lowest BCUT2D eigenvalue weighted by molar-refractivity contribution is 0.100. The van der Waals surface area contributed by atoms with Crippen molar-refractivity contribution in [3.63, 3.8) is 0 Å². The van der Waals surface area contributed by atoms with Gasteiger partial charge in [-0.25, -0.2) is 4.98 Å². The first-order valence-electron chi connectivity index (χ1n) is 10.3. The molecule has 4 aromatic rings. The number of hydrogen-bond donors (Lipinski definition) is 2. The van der Waals surface area contributed by atoms with Crippen LogP contribution in [0.5, 0.6) is 11.6 Å². The maximum absolute atomic E-state index is 11.4. The standard InChI is InChI=1S/C23H21N7O2/c1-14-5-2-8-17(26-14)20-21(18-9-4-12-30(18)29-20)32-19-10-11-25-23(28-19)27-16-7-3-6-15(13-16)22(24)31/h2-3,5-8,10-11,13H,4,9,12H2,1H3,(H2,24,31)(H,25,27,28). The van der Waals surface area contributed by atoms with Crippen molar-refractivity contribution in [3.05, 3.63) is 71.7 Å². The number of nitrogens with zero attached hydrogens (tertiary/aromatic N) is 5. The molecule has 9 heteroatoms. The number of hydrogen-bond acceptors (Lipinski definition) is 7. The van der Waals surface area contributed by atoms with E-state index in [-0.39, 0.29) is 0 Å². The van der Waals surface area contributed by atoms with E-state index in [0.29, 0.717) is 34.5 Å². The zero-order chi connectivity index (χ0) is 22.1. The average molecular weight is 427 g/mol. The van der Waals surface area contributed by atoms with Gasteiger partial charge in [-0.05, 0) is 50.1 Å². The van der Waals surface area contributed by atoms with Gasteiger partial charge in [0.05, 0.1) is 11.4 Å². The molecular formula is C23H21N7O2. The van der Waals surface area contributed by atoms with E-state index in [1.807, 2.05) is 29.8 Å². The Kier molecular flexibility index (Phi) is 4.98. The maximum Gasteiger partial charge on any atom is 0.248 e. The molecule has 32 heavy (non-hydrogen) atoms. The molecule has 1 amide bonds. The highest BCUT2D eigenvalue weighted by Gasteiger charge is 2.25. The summed E-state index contributed by atoms with van der Waals surface area (Å²) in [5.74, 6) is 0.883. The van der Waals surface area contributed by atoms with E-state index in [1.54, 1.807) is 36.5 Å². The fourth-order valence-corrected chi connectivity index (χ4v) is 3.70. The van der Waals surface area contributed by atoms with Gasteiger partial charge in [0, 0.05) is 35.8 Å². The first-order valence-corrected chi connectivity index (χ1v) is 10.3. The summed E-state index contributed by atoms with van der Waals surface area (Å²) in [5, 5.41) is 7.82. The molecule has 5 rings (SSSR count). The van der Waals surface area contributed by atoms with Crippen molar-refractivity contribution in [2.45, 2.75) is 26.3 Å². The van der Waals surface area contributed by atoms with Gasteiger partial charge in [0.2, 0.25) is 17.7 Å². The number of benzene rings is 1. The monoisotopic (exact) mass is 427 g/mol. The average Bonchev–Trinajstić information content (AvgIpc) is 3.37. The number of aromatic nitrogens is 5. The number of amides is 1. The number of ether oxygens (including phenoxy) is 1. The molecule has 0 atom stereocenters. The number of fused-ring (bicyclic) bond motifs is 1. The fraction of sp³-hybridized carbons (Fsp3) is 0.174. The quantitative estimate of drug-likeness (QED) is 0.482. The molecule has 3 aromatic heterocycles. The number of rotatable bonds is 6. The molecule has 0 saturated carbocycles. The van der Waals surface area contributed by atoms with E-state index in [0.717, 1.165) is 36.5 Å². The van der Waals surface area contributed by atoms with Gasteiger partial charge >= 0.3 is 0 Å². The number of nitrogens with one attached hydrogen (secondary N) is 1. The van der Waals surface area contributed by atoms with E-state index in [2.05, 4.69) is 20.3 Å². The molecule has 1 aliphatic heterocycles. The minimum atomic E-state index is -0.501. The SMILES string of the molecule is Cc1cccc(-c2nn3c(c2Oc2ccnc(Nc4cccc(C(N)=O)c4)n2)CCC3)n1. The largest absolute Gasteiger partial charge is 0.435 e. The van der Waals surface area contributed by atoms with E-state index < -0.39 is 5.91 Å². The normalized spacial score (nSPS) is 12.4. The Bertz CT molecular complexity index is 1320. The topological polar surface area (TPSA) is 121 Å². The van der Waals surface area contributed by atoms with Crippen LogP contribution in [0.3, 0.4) is 0 Å². The molecule has 9 nitrogen and oxygen atoms in total. The van der Waals surface area contributed by atoms with E-state index in [9.17, 15) is 4.79 Å². The third-order valence-corrected chi connectivity index (χ3v) is 5.16. The Labute approximate surface area is 184 Å². The van der Waals surface area contributed by atoms with Gasteiger partial charge in [-0.2, -0.15) is 10.1 Å². The van der Waals surface area contributed by atoms with Crippen LogP contribution in [0.1, 0.15) is 28.2 Å². The first-order chi connectivity index (χ1) is 15.6. The molecule has 0 saturated heterocycles. The second-order valence-corrected chi connectivity index (χ2v) is 7.51. The van der Waals surface area contributed by atoms with Gasteiger partial charge in [-0.3, -0.25) is 14.5 Å². The van der Waals surface area contributed by atoms with Gasteiger partial charge in [0.1, 0.15) is 0 Å². The smallest absolute Gasteiger partial charge is 0.248 e. The lowest BCUT2D eigenvalue weighted by Crippen LogP contribution is -2.11. The lowest BCUT2D eigenvalue weighted by atomic mass is 10.2. The van der Waals surface area contributed by atoms with Gasteiger partial charge < -0.3 is 15.8 Å². The minimum Gasteiger partial charge on any atom is -0.435 e. The molecule has 0 fully saturated rings. The van der Waals surface area contributed by atoms with Crippen LogP contribution in [0, 0.1) is 6.92 Å². The fourth-order valence-electron chi connectivity index (χ4n) is 3.70. The highest BCUT2D eigenvalue weighted by molar-refractivity contribution is 5.93. The van der Waals surface area contributed by atoms with Crippen molar-refractivity contribution in [2.24, 2.45) is 5.73 Å². The summed E-state index contributed by atoms with van der Waals surface area (Å²) in [4.78, 5) is 24.8. The lowest BCUT2D eigenvalue weighted by Gasteiger charge is -2.09. The zero-order valence-corrected chi connectivity index (χ0v) is 17.4. The molecular weight excluding hydrogens is 406 g/mol. The van der Waals surface area contributed by atoms with Crippen LogP contribution >= 0.6 is 0 Å². The maximum atomic E-state index is 11.4. The number of pyridine rings is 1. The Morgan fingerprint density at radius 2 is 2.03 bits per heavy atom. The van der Waals surface area contributed by atoms with Gasteiger partial charge in [-0.1, -0.05) is 12.1 Å². The van der Waals surface area contributed by atoms with Crippen LogP contribution in [-0.4, -0.2) is 30.6 Å². The molecule has 1 aromatic carbocycles. The number of anilines is 2. The molecule has 0 bridgehead atoms. The van der Waals surface area contributed by atoms with Gasteiger partial charge in [-0.15, -0.1) is 0 Å². The van der Waals surface area contributed by atoms with Crippen molar-refractivity contribution in [3.8, 4) is 23.0 Å². The third-order valence-electron chi connectivity index (χ3n) is 5.16. The van der Waals surface area contributed by atoms with E-state index in [1.165, 1.54) is 0 Å². The summed E-state index contributed by atoms with van der Waals surface area (Å²) in [7, 11) is 0. The predicted molar refractivity (Wildman–Crippen MR) is 119 cm³/mol. The highest BCUT2D eigenvalue weighted by Crippen LogP contribution is 2.38. The molecule has 0 aliphatic carbocycles. The van der Waals surface area contributed by atoms with Crippen molar-refractivity contribution in [1.29, 1.82) is 0 Å². The van der Waals surface area contributed by atoms with Crippen LogP contribution in [0.15, 0.2) is 54.7 Å². The summed E-state index contributed by atoms with van der Waals surface area (Å²) >= 11 is 0. The minimum absolute atomic E-state index is 0.336. The van der Waals surface area contributed by atoms with E-state index in [4.69, 9.17) is 15.6 Å².